The van der Waals surface area contributed by atoms with E-state index in [1.54, 1.807) is 0 Å². The molecule has 0 aliphatic heterocycles. The molecule has 0 unspecified atom stereocenters. The number of carbonyl (C=O) groups excluding carboxylic acids is 1. The summed E-state index contributed by atoms with van der Waals surface area (Å²) in [5.41, 5.74) is 1.68. The van der Waals surface area contributed by atoms with Gasteiger partial charge in [0.2, 0.25) is 11.7 Å². The first kappa shape index (κ1) is 13.5. The second kappa shape index (κ2) is 4.96. The van der Waals surface area contributed by atoms with Gasteiger partial charge in [-0.05, 0) is 6.92 Å². The first-order valence-corrected chi connectivity index (χ1v) is 6.29. The number of rotatable bonds is 3. The SMILES string of the molecule is Cc1ccc(-c2noc(CC(=O)C(C)(C)C)n2)cc1. The molecule has 0 atom stereocenters. The van der Waals surface area contributed by atoms with E-state index in [0.717, 1.165) is 5.56 Å². The quantitative estimate of drug-likeness (QED) is 0.848. The van der Waals surface area contributed by atoms with Crippen LogP contribution in [0.2, 0.25) is 0 Å². The molecule has 100 valence electrons. The summed E-state index contributed by atoms with van der Waals surface area (Å²) < 4.78 is 5.13. The molecule has 1 heterocycles. The van der Waals surface area contributed by atoms with Gasteiger partial charge in [0.25, 0.3) is 0 Å². The van der Waals surface area contributed by atoms with E-state index in [1.807, 2.05) is 52.0 Å². The molecule has 0 aliphatic carbocycles. The van der Waals surface area contributed by atoms with Crippen LogP contribution in [0, 0.1) is 12.3 Å². The van der Waals surface area contributed by atoms with Gasteiger partial charge in [0.1, 0.15) is 5.78 Å². The Bertz CT molecular complexity index is 577. The molecule has 2 aromatic rings. The van der Waals surface area contributed by atoms with Crippen LogP contribution in [0.25, 0.3) is 11.4 Å². The van der Waals surface area contributed by atoms with Gasteiger partial charge in [-0.1, -0.05) is 55.8 Å². The van der Waals surface area contributed by atoms with Gasteiger partial charge in [0.15, 0.2) is 0 Å². The van der Waals surface area contributed by atoms with Gasteiger partial charge in [-0.3, -0.25) is 4.79 Å². The van der Waals surface area contributed by atoms with Gasteiger partial charge >= 0.3 is 0 Å². The van der Waals surface area contributed by atoms with Crippen molar-refractivity contribution in [1.82, 2.24) is 10.1 Å². The summed E-state index contributed by atoms with van der Waals surface area (Å²) in [4.78, 5) is 16.2. The molecule has 4 heteroatoms. The summed E-state index contributed by atoms with van der Waals surface area (Å²) in [6.45, 7) is 7.67. The Balaban J connectivity index is 2.16. The van der Waals surface area contributed by atoms with Crippen molar-refractivity contribution in [3.63, 3.8) is 0 Å². The van der Waals surface area contributed by atoms with E-state index in [2.05, 4.69) is 10.1 Å². The molecular formula is C15H18N2O2. The maximum absolute atomic E-state index is 11.9. The van der Waals surface area contributed by atoms with Crippen LogP contribution in [0.3, 0.4) is 0 Å². The summed E-state index contributed by atoms with van der Waals surface area (Å²) in [6.07, 6.45) is 0.183. The van der Waals surface area contributed by atoms with Gasteiger partial charge < -0.3 is 4.52 Å². The normalized spacial score (nSPS) is 11.6. The van der Waals surface area contributed by atoms with E-state index >= 15 is 0 Å². The molecule has 1 aromatic heterocycles. The molecule has 0 spiro atoms. The number of hydrogen-bond acceptors (Lipinski definition) is 4. The Labute approximate surface area is 112 Å². The number of nitrogens with zero attached hydrogens (tertiary/aromatic N) is 2. The number of ketones is 1. The van der Waals surface area contributed by atoms with Gasteiger partial charge in [0.05, 0.1) is 6.42 Å². The molecule has 19 heavy (non-hydrogen) atoms. The van der Waals surface area contributed by atoms with E-state index in [4.69, 9.17) is 4.52 Å². The average Bonchev–Trinajstić information content (AvgIpc) is 2.77. The minimum absolute atomic E-state index is 0.0895. The fraction of sp³-hybridized carbons (Fsp3) is 0.400. The number of benzene rings is 1. The third kappa shape index (κ3) is 3.28. The van der Waals surface area contributed by atoms with Gasteiger partial charge in [-0.25, -0.2) is 0 Å². The number of Topliss-reactive ketones (excluding diaryl/α,β-unsaturated/α-hetero) is 1. The Morgan fingerprint density at radius 2 is 1.84 bits per heavy atom. The summed E-state index contributed by atoms with van der Waals surface area (Å²) in [5.74, 6) is 0.985. The Morgan fingerprint density at radius 1 is 1.21 bits per heavy atom. The van der Waals surface area contributed by atoms with E-state index in [-0.39, 0.29) is 12.2 Å². The van der Waals surface area contributed by atoms with Crippen molar-refractivity contribution in [2.45, 2.75) is 34.1 Å². The largest absolute Gasteiger partial charge is 0.339 e. The molecule has 1 aromatic carbocycles. The van der Waals surface area contributed by atoms with Crippen molar-refractivity contribution < 1.29 is 9.32 Å². The Morgan fingerprint density at radius 3 is 2.42 bits per heavy atom. The summed E-state index contributed by atoms with van der Waals surface area (Å²) >= 11 is 0. The maximum Gasteiger partial charge on any atom is 0.234 e. The van der Waals surface area contributed by atoms with Crippen molar-refractivity contribution in [2.24, 2.45) is 5.41 Å². The minimum atomic E-state index is -0.390. The smallest absolute Gasteiger partial charge is 0.234 e. The zero-order valence-corrected chi connectivity index (χ0v) is 11.7. The highest BCUT2D eigenvalue weighted by Crippen LogP contribution is 2.20. The minimum Gasteiger partial charge on any atom is -0.339 e. The molecule has 0 aliphatic rings. The second-order valence-electron chi connectivity index (χ2n) is 5.73. The number of aryl methyl sites for hydroxylation is 1. The van der Waals surface area contributed by atoms with Crippen molar-refractivity contribution in [3.8, 4) is 11.4 Å². The molecule has 0 saturated carbocycles. The van der Waals surface area contributed by atoms with Crippen LogP contribution < -0.4 is 0 Å². The van der Waals surface area contributed by atoms with Gasteiger partial charge in [-0.2, -0.15) is 4.98 Å². The van der Waals surface area contributed by atoms with Crippen LogP contribution in [0.4, 0.5) is 0 Å². The number of hydrogen-bond donors (Lipinski definition) is 0. The van der Waals surface area contributed by atoms with Gasteiger partial charge in [0, 0.05) is 11.0 Å². The third-order valence-electron chi connectivity index (χ3n) is 2.93. The van der Waals surface area contributed by atoms with Crippen LogP contribution in [0.15, 0.2) is 28.8 Å². The molecule has 0 fully saturated rings. The fourth-order valence-corrected chi connectivity index (χ4v) is 1.55. The number of aromatic nitrogens is 2. The second-order valence-corrected chi connectivity index (χ2v) is 5.73. The first-order chi connectivity index (χ1) is 8.86. The lowest BCUT2D eigenvalue weighted by atomic mass is 9.89. The van der Waals surface area contributed by atoms with Crippen molar-refractivity contribution in [3.05, 3.63) is 35.7 Å². The molecule has 2 rings (SSSR count). The molecular weight excluding hydrogens is 240 g/mol. The lowest BCUT2D eigenvalue weighted by Gasteiger charge is -2.14. The van der Waals surface area contributed by atoms with E-state index in [9.17, 15) is 4.79 Å². The van der Waals surface area contributed by atoms with E-state index < -0.39 is 5.41 Å². The van der Waals surface area contributed by atoms with Crippen LogP contribution in [0.1, 0.15) is 32.2 Å². The summed E-state index contributed by atoms with van der Waals surface area (Å²) in [5, 5.41) is 3.91. The lowest BCUT2D eigenvalue weighted by molar-refractivity contribution is -0.125. The van der Waals surface area contributed by atoms with Crippen molar-refractivity contribution in [2.75, 3.05) is 0 Å². The lowest BCUT2D eigenvalue weighted by Crippen LogP contribution is -2.22. The predicted molar refractivity (Wildman–Crippen MR) is 72.6 cm³/mol. The predicted octanol–water partition coefficient (Wildman–Crippen LogP) is 3.20. The molecule has 0 saturated heterocycles. The Kier molecular flexibility index (Phi) is 3.51. The monoisotopic (exact) mass is 258 g/mol. The van der Waals surface area contributed by atoms with Crippen molar-refractivity contribution >= 4 is 5.78 Å². The molecule has 0 radical (unpaired) electrons. The number of carbonyl (C=O) groups is 1. The molecule has 0 N–H and O–H groups in total. The average molecular weight is 258 g/mol. The molecule has 0 bridgehead atoms. The summed E-state index contributed by atoms with van der Waals surface area (Å²) in [7, 11) is 0. The Hall–Kier alpha value is -1.97. The fourth-order valence-electron chi connectivity index (χ4n) is 1.55. The third-order valence-corrected chi connectivity index (χ3v) is 2.93. The van der Waals surface area contributed by atoms with E-state index in [1.165, 1.54) is 5.56 Å². The van der Waals surface area contributed by atoms with E-state index in [0.29, 0.717) is 11.7 Å². The topological polar surface area (TPSA) is 56.0 Å². The molecule has 0 amide bonds. The maximum atomic E-state index is 11.9. The van der Waals surface area contributed by atoms with Crippen LogP contribution >= 0.6 is 0 Å². The highest BCUT2D eigenvalue weighted by molar-refractivity contribution is 5.85. The van der Waals surface area contributed by atoms with Crippen molar-refractivity contribution in [1.29, 1.82) is 0 Å². The first-order valence-electron chi connectivity index (χ1n) is 6.29. The summed E-state index contributed by atoms with van der Waals surface area (Å²) in [6, 6.07) is 7.86. The zero-order chi connectivity index (χ0) is 14.0. The highest BCUT2D eigenvalue weighted by atomic mass is 16.5. The molecule has 4 nitrogen and oxygen atoms in total. The standard InChI is InChI=1S/C15H18N2O2/c1-10-5-7-11(8-6-10)14-16-13(19-17-14)9-12(18)15(2,3)4/h5-8H,9H2,1-4H3. The van der Waals surface area contributed by atoms with Crippen LogP contribution in [0.5, 0.6) is 0 Å². The highest BCUT2D eigenvalue weighted by Gasteiger charge is 2.23. The zero-order valence-electron chi connectivity index (χ0n) is 11.7. The van der Waals surface area contributed by atoms with Crippen LogP contribution in [-0.4, -0.2) is 15.9 Å². The van der Waals surface area contributed by atoms with Gasteiger partial charge in [-0.15, -0.1) is 0 Å². The van der Waals surface area contributed by atoms with Crippen LogP contribution in [-0.2, 0) is 11.2 Å².